The van der Waals surface area contributed by atoms with Crippen LogP contribution >= 0.6 is 0 Å². The molecule has 0 spiro atoms. The van der Waals surface area contributed by atoms with Gasteiger partial charge in [-0.25, -0.2) is 14.6 Å². The van der Waals surface area contributed by atoms with Crippen molar-refractivity contribution in [3.05, 3.63) is 41.7 Å². The zero-order valence-electron chi connectivity index (χ0n) is 20.4. The number of amides is 2. The number of benzene rings is 1. The van der Waals surface area contributed by atoms with Gasteiger partial charge >= 0.3 is 12.0 Å². The molecule has 4 rings (SSSR count). The molecule has 1 saturated carbocycles. The van der Waals surface area contributed by atoms with Crippen LogP contribution in [0, 0.1) is 6.57 Å². The Bertz CT molecular complexity index is 1130. The van der Waals surface area contributed by atoms with Crippen LogP contribution in [0.25, 0.3) is 16.2 Å². The van der Waals surface area contributed by atoms with Crippen LogP contribution in [-0.4, -0.2) is 65.9 Å². The summed E-state index contributed by atoms with van der Waals surface area (Å²) in [6.45, 7) is 13.3. The van der Waals surface area contributed by atoms with Crippen molar-refractivity contribution in [2.45, 2.75) is 63.8 Å². The van der Waals surface area contributed by atoms with E-state index in [1.807, 2.05) is 0 Å². The number of rotatable bonds is 7. The van der Waals surface area contributed by atoms with Gasteiger partial charge in [-0.2, -0.15) is 0 Å². The van der Waals surface area contributed by atoms with Gasteiger partial charge in [0.2, 0.25) is 0 Å². The van der Waals surface area contributed by atoms with Gasteiger partial charge in [0.25, 0.3) is 5.89 Å². The van der Waals surface area contributed by atoms with E-state index < -0.39 is 17.6 Å². The molecule has 1 saturated heterocycles. The molecule has 10 nitrogen and oxygen atoms in total. The van der Waals surface area contributed by atoms with Gasteiger partial charge in [-0.1, -0.05) is 6.07 Å². The smallest absolute Gasteiger partial charge is 0.410 e. The van der Waals surface area contributed by atoms with E-state index in [1.165, 1.54) is 6.20 Å². The van der Waals surface area contributed by atoms with Crippen molar-refractivity contribution in [1.82, 2.24) is 15.2 Å². The van der Waals surface area contributed by atoms with E-state index >= 15 is 0 Å². The van der Waals surface area contributed by atoms with Gasteiger partial charge in [0, 0.05) is 19.7 Å². The van der Waals surface area contributed by atoms with Crippen molar-refractivity contribution in [3.63, 3.8) is 0 Å². The monoisotopic (exact) mass is 482 g/mol. The maximum atomic E-state index is 12.9. The van der Waals surface area contributed by atoms with Crippen LogP contribution in [0.3, 0.4) is 0 Å². The second-order valence-corrected chi connectivity index (χ2v) is 9.79. The number of nitrogens with zero attached hydrogens (tertiary/aromatic N) is 3. The summed E-state index contributed by atoms with van der Waals surface area (Å²) in [6.07, 6.45) is 3.65. The third-order valence-electron chi connectivity index (χ3n) is 5.61. The van der Waals surface area contributed by atoms with Crippen LogP contribution < -0.4 is 10.1 Å². The molecule has 1 aliphatic carbocycles. The van der Waals surface area contributed by atoms with Crippen molar-refractivity contribution < 1.29 is 28.2 Å². The standard InChI is InChI=1S/C25H30N4O6/c1-25(2,3)35-24(31)29-13-16(10-17(29)14-32-5)28-22(30)23-27-12-21(34-23)19-11-15(26-4)6-9-20(19)33-18-7-8-18/h6,9,11-12,16-18H,7-8,10,13-14H2,1-3,5H3,(H,28,30)/t16-,17+/m1/s1. The highest BCUT2D eigenvalue weighted by Crippen LogP contribution is 2.37. The Kier molecular flexibility index (Phi) is 6.98. The predicted molar refractivity (Wildman–Crippen MR) is 126 cm³/mol. The number of hydrogen-bond acceptors (Lipinski definition) is 7. The lowest BCUT2D eigenvalue weighted by atomic mass is 10.1. The Balaban J connectivity index is 1.46. The minimum absolute atomic E-state index is 0.107. The number of ether oxygens (including phenoxy) is 3. The van der Waals surface area contributed by atoms with Gasteiger partial charge in [-0.05, 0) is 52.2 Å². The van der Waals surface area contributed by atoms with Gasteiger partial charge in [-0.3, -0.25) is 4.79 Å². The van der Waals surface area contributed by atoms with E-state index in [0.717, 1.165) is 12.8 Å². The minimum atomic E-state index is -0.628. The number of likely N-dealkylation sites (tertiary alicyclic amines) is 1. The maximum absolute atomic E-state index is 12.9. The zero-order chi connectivity index (χ0) is 25.2. The third-order valence-corrected chi connectivity index (χ3v) is 5.61. The lowest BCUT2D eigenvalue weighted by molar-refractivity contribution is 0.0146. The van der Waals surface area contributed by atoms with Gasteiger partial charge in [0.1, 0.15) is 11.4 Å². The molecule has 2 aliphatic rings. The minimum Gasteiger partial charge on any atom is -0.490 e. The topological polar surface area (TPSA) is 107 Å². The predicted octanol–water partition coefficient (Wildman–Crippen LogP) is 4.19. The fourth-order valence-electron chi connectivity index (χ4n) is 3.91. The highest BCUT2D eigenvalue weighted by molar-refractivity contribution is 5.90. The summed E-state index contributed by atoms with van der Waals surface area (Å²) < 4.78 is 22.5. The van der Waals surface area contributed by atoms with Crippen molar-refractivity contribution in [2.24, 2.45) is 0 Å². The summed E-state index contributed by atoms with van der Waals surface area (Å²) in [5.74, 6) is 0.337. The summed E-state index contributed by atoms with van der Waals surface area (Å²) in [7, 11) is 1.57. The molecule has 2 amide bonds. The Hall–Kier alpha value is -3.58. The third kappa shape index (κ3) is 6.11. The van der Waals surface area contributed by atoms with Crippen LogP contribution in [0.4, 0.5) is 10.5 Å². The van der Waals surface area contributed by atoms with Crippen molar-refractivity contribution >= 4 is 17.7 Å². The van der Waals surface area contributed by atoms with E-state index in [-0.39, 0.29) is 30.6 Å². The molecular weight excluding hydrogens is 452 g/mol. The quantitative estimate of drug-likeness (QED) is 0.590. The van der Waals surface area contributed by atoms with Crippen LogP contribution in [0.15, 0.2) is 28.8 Å². The zero-order valence-corrected chi connectivity index (χ0v) is 20.4. The molecule has 1 aromatic carbocycles. The van der Waals surface area contributed by atoms with Gasteiger partial charge in [0.05, 0.1) is 37.1 Å². The Morgan fingerprint density at radius 2 is 2.09 bits per heavy atom. The summed E-state index contributed by atoms with van der Waals surface area (Å²) in [5, 5.41) is 2.90. The molecule has 2 heterocycles. The first-order chi connectivity index (χ1) is 16.7. The second kappa shape index (κ2) is 9.96. The van der Waals surface area contributed by atoms with E-state index in [2.05, 4.69) is 15.1 Å². The Morgan fingerprint density at radius 1 is 1.31 bits per heavy atom. The number of aromatic nitrogens is 1. The van der Waals surface area contributed by atoms with E-state index in [4.69, 9.17) is 25.2 Å². The number of oxazole rings is 1. The summed E-state index contributed by atoms with van der Waals surface area (Å²) >= 11 is 0. The molecule has 186 valence electrons. The van der Waals surface area contributed by atoms with E-state index in [1.54, 1.807) is 51.0 Å². The van der Waals surface area contributed by atoms with Crippen molar-refractivity contribution in [3.8, 4) is 17.1 Å². The van der Waals surface area contributed by atoms with E-state index in [0.29, 0.717) is 35.8 Å². The summed E-state index contributed by atoms with van der Waals surface area (Å²) in [4.78, 5) is 34.7. The average Bonchev–Trinajstić information content (AvgIpc) is 3.31. The lowest BCUT2D eigenvalue weighted by Crippen LogP contribution is -2.43. The maximum Gasteiger partial charge on any atom is 0.410 e. The molecular formula is C25H30N4O6. The number of carbonyl (C=O) groups is 2. The Labute approximate surface area is 204 Å². The molecule has 10 heteroatoms. The molecule has 1 aromatic heterocycles. The van der Waals surface area contributed by atoms with Crippen LogP contribution in [-0.2, 0) is 9.47 Å². The highest BCUT2D eigenvalue weighted by atomic mass is 16.6. The summed E-state index contributed by atoms with van der Waals surface area (Å²) in [6, 6.07) is 4.55. The first kappa shape index (κ1) is 24.5. The molecule has 2 aromatic rings. The highest BCUT2D eigenvalue weighted by Gasteiger charge is 2.38. The first-order valence-electron chi connectivity index (χ1n) is 11.6. The average molecular weight is 483 g/mol. The van der Waals surface area contributed by atoms with Crippen LogP contribution in [0.1, 0.15) is 50.7 Å². The van der Waals surface area contributed by atoms with Crippen LogP contribution in [0.2, 0.25) is 0 Å². The number of nitrogens with one attached hydrogen (secondary N) is 1. The molecule has 2 atom stereocenters. The largest absolute Gasteiger partial charge is 0.490 e. The van der Waals surface area contributed by atoms with Crippen molar-refractivity contribution in [2.75, 3.05) is 20.3 Å². The van der Waals surface area contributed by atoms with Crippen molar-refractivity contribution in [1.29, 1.82) is 0 Å². The molecule has 2 fully saturated rings. The fourth-order valence-corrected chi connectivity index (χ4v) is 3.91. The molecule has 35 heavy (non-hydrogen) atoms. The summed E-state index contributed by atoms with van der Waals surface area (Å²) in [5.41, 5.74) is 0.383. The Morgan fingerprint density at radius 3 is 2.74 bits per heavy atom. The lowest BCUT2D eigenvalue weighted by Gasteiger charge is -2.28. The van der Waals surface area contributed by atoms with Gasteiger partial charge in [0.15, 0.2) is 11.4 Å². The molecule has 0 unspecified atom stereocenters. The number of hydrogen-bond donors (Lipinski definition) is 1. The molecule has 1 aliphatic heterocycles. The van der Waals surface area contributed by atoms with E-state index in [9.17, 15) is 9.59 Å². The number of methoxy groups -OCH3 is 1. The van der Waals surface area contributed by atoms with Crippen LogP contribution in [0.5, 0.6) is 5.75 Å². The molecule has 1 N–H and O–H groups in total. The first-order valence-corrected chi connectivity index (χ1v) is 11.6. The number of carbonyl (C=O) groups excluding carboxylic acids is 2. The fraction of sp³-hybridized carbons (Fsp3) is 0.520. The van der Waals surface area contributed by atoms with Gasteiger partial charge < -0.3 is 28.8 Å². The molecule has 0 radical (unpaired) electrons. The normalized spacial score (nSPS) is 19.8. The van der Waals surface area contributed by atoms with Gasteiger partial charge in [-0.15, -0.1) is 0 Å². The SMILES string of the molecule is [C-]#[N+]c1ccc(OC2CC2)c(-c2cnc(C(=O)N[C@@H]3C[C@@H](COC)N(C(=O)OC(C)(C)C)C3)o2)c1. The molecule has 0 bridgehead atoms. The second-order valence-electron chi connectivity index (χ2n) is 9.79.